The molecular weight excluding hydrogens is 398 g/mol. The Bertz CT molecular complexity index is 292. The molecule has 1 aliphatic rings. The van der Waals surface area contributed by atoms with Gasteiger partial charge in [0.2, 0.25) is 0 Å². The predicted molar refractivity (Wildman–Crippen MR) is 116 cm³/mol. The van der Waals surface area contributed by atoms with E-state index in [4.69, 9.17) is 4.74 Å². The standard InChI is InChI=1S/C24H50NO.BrH/c1-3-5-7-8-9-10-11-12-13-14-15-16-17-18-20-25(19-6-4-2)21-23-26-24-22-25;/h3-24H2,1-2H3;1H/q+1;/p-1. The lowest BCUT2D eigenvalue weighted by Gasteiger charge is -2.41. The van der Waals surface area contributed by atoms with Crippen molar-refractivity contribution < 1.29 is 26.2 Å². The zero-order chi connectivity index (χ0) is 18.8. The van der Waals surface area contributed by atoms with Crippen LogP contribution in [-0.4, -0.2) is 43.9 Å². The molecule has 0 unspecified atom stereocenters. The molecule has 0 radical (unpaired) electrons. The van der Waals surface area contributed by atoms with Crippen molar-refractivity contribution in [3.8, 4) is 0 Å². The Morgan fingerprint density at radius 1 is 0.519 bits per heavy atom. The fourth-order valence-corrected chi connectivity index (χ4v) is 4.42. The van der Waals surface area contributed by atoms with Gasteiger partial charge in [0.05, 0.1) is 26.3 Å². The number of unbranched alkanes of at least 4 members (excludes halogenated alkanes) is 14. The number of hydrogen-bond donors (Lipinski definition) is 0. The first-order valence-electron chi connectivity index (χ1n) is 12.3. The summed E-state index contributed by atoms with van der Waals surface area (Å²) in [5, 5.41) is 0. The third-order valence-corrected chi connectivity index (χ3v) is 6.39. The van der Waals surface area contributed by atoms with Gasteiger partial charge in [-0.25, -0.2) is 0 Å². The molecule has 0 aromatic carbocycles. The molecule has 1 rings (SSSR count). The monoisotopic (exact) mass is 447 g/mol. The zero-order valence-corrected chi connectivity index (χ0v) is 20.4. The van der Waals surface area contributed by atoms with Gasteiger partial charge in [-0.1, -0.05) is 97.3 Å². The van der Waals surface area contributed by atoms with Gasteiger partial charge in [0.15, 0.2) is 0 Å². The summed E-state index contributed by atoms with van der Waals surface area (Å²) in [5.74, 6) is 0. The van der Waals surface area contributed by atoms with E-state index in [0.717, 1.165) is 13.2 Å². The highest BCUT2D eigenvalue weighted by atomic mass is 79.9. The fraction of sp³-hybridized carbons (Fsp3) is 1.00. The Balaban J connectivity index is 0.00000676. The summed E-state index contributed by atoms with van der Waals surface area (Å²) in [5.41, 5.74) is 0. The van der Waals surface area contributed by atoms with Crippen LogP contribution in [0.25, 0.3) is 0 Å². The van der Waals surface area contributed by atoms with Crippen molar-refractivity contribution in [3.63, 3.8) is 0 Å². The summed E-state index contributed by atoms with van der Waals surface area (Å²) in [6, 6.07) is 0. The highest BCUT2D eigenvalue weighted by Crippen LogP contribution is 2.17. The van der Waals surface area contributed by atoms with Gasteiger partial charge in [0.1, 0.15) is 13.1 Å². The fourth-order valence-electron chi connectivity index (χ4n) is 4.42. The second-order valence-corrected chi connectivity index (χ2v) is 8.80. The molecule has 164 valence electrons. The van der Waals surface area contributed by atoms with Crippen LogP contribution in [0.4, 0.5) is 0 Å². The summed E-state index contributed by atoms with van der Waals surface area (Å²) in [7, 11) is 0. The Kier molecular flexibility index (Phi) is 20.0. The molecule has 27 heavy (non-hydrogen) atoms. The van der Waals surface area contributed by atoms with Crippen LogP contribution < -0.4 is 17.0 Å². The number of quaternary nitrogens is 1. The lowest BCUT2D eigenvalue weighted by molar-refractivity contribution is -0.935. The molecule has 0 bridgehead atoms. The van der Waals surface area contributed by atoms with E-state index in [1.54, 1.807) is 0 Å². The van der Waals surface area contributed by atoms with Gasteiger partial charge < -0.3 is 26.2 Å². The smallest absolute Gasteiger partial charge is 0.102 e. The maximum absolute atomic E-state index is 5.61. The molecule has 0 saturated carbocycles. The van der Waals surface area contributed by atoms with Crippen LogP contribution in [0.15, 0.2) is 0 Å². The van der Waals surface area contributed by atoms with Crippen molar-refractivity contribution in [2.24, 2.45) is 0 Å². The van der Waals surface area contributed by atoms with Gasteiger partial charge in [-0.05, 0) is 19.3 Å². The van der Waals surface area contributed by atoms with Crippen LogP contribution in [0.5, 0.6) is 0 Å². The number of rotatable bonds is 18. The molecular formula is C24H50BrNO. The van der Waals surface area contributed by atoms with E-state index in [9.17, 15) is 0 Å². The minimum Gasteiger partial charge on any atom is -1.00 e. The van der Waals surface area contributed by atoms with E-state index < -0.39 is 0 Å². The van der Waals surface area contributed by atoms with Crippen LogP contribution in [-0.2, 0) is 4.74 Å². The largest absolute Gasteiger partial charge is 1.00 e. The maximum Gasteiger partial charge on any atom is 0.102 e. The van der Waals surface area contributed by atoms with E-state index in [1.807, 2.05) is 0 Å². The number of ether oxygens (including phenoxy) is 1. The van der Waals surface area contributed by atoms with Crippen LogP contribution >= 0.6 is 0 Å². The highest BCUT2D eigenvalue weighted by Gasteiger charge is 2.28. The van der Waals surface area contributed by atoms with Gasteiger partial charge in [0.25, 0.3) is 0 Å². The highest BCUT2D eigenvalue weighted by molar-refractivity contribution is 4.54. The molecule has 0 aromatic rings. The van der Waals surface area contributed by atoms with Gasteiger partial charge >= 0.3 is 0 Å². The minimum atomic E-state index is 0. The van der Waals surface area contributed by atoms with Crippen molar-refractivity contribution in [2.75, 3.05) is 39.4 Å². The molecule has 0 N–H and O–H groups in total. The Morgan fingerprint density at radius 2 is 0.889 bits per heavy atom. The van der Waals surface area contributed by atoms with Crippen LogP contribution in [0.1, 0.15) is 117 Å². The first kappa shape index (κ1) is 27.4. The average molecular weight is 449 g/mol. The molecule has 0 aromatic heterocycles. The Labute approximate surface area is 182 Å². The zero-order valence-electron chi connectivity index (χ0n) is 18.8. The number of halogens is 1. The van der Waals surface area contributed by atoms with Gasteiger partial charge in [-0.2, -0.15) is 0 Å². The van der Waals surface area contributed by atoms with E-state index in [-0.39, 0.29) is 17.0 Å². The number of hydrogen-bond acceptors (Lipinski definition) is 1. The molecule has 3 heteroatoms. The SMILES string of the molecule is CCCCCCCCCCCCCCCC[N+]1(CCCC)CCOCC1.[Br-]. The normalized spacial score (nSPS) is 16.2. The molecule has 1 heterocycles. The summed E-state index contributed by atoms with van der Waals surface area (Å²) in [6.07, 6.45) is 23.1. The Morgan fingerprint density at radius 3 is 1.33 bits per heavy atom. The summed E-state index contributed by atoms with van der Waals surface area (Å²) in [6.45, 7) is 11.9. The second kappa shape index (κ2) is 19.7. The third-order valence-electron chi connectivity index (χ3n) is 6.39. The molecule has 1 saturated heterocycles. The Hall–Kier alpha value is 0.400. The number of nitrogens with zero attached hydrogens (tertiary/aromatic N) is 1. The van der Waals surface area contributed by atoms with Crippen molar-refractivity contribution >= 4 is 0 Å². The van der Waals surface area contributed by atoms with Crippen molar-refractivity contribution in [2.45, 2.75) is 117 Å². The van der Waals surface area contributed by atoms with Gasteiger partial charge in [0, 0.05) is 0 Å². The molecule has 2 nitrogen and oxygen atoms in total. The van der Waals surface area contributed by atoms with E-state index in [2.05, 4.69) is 13.8 Å². The summed E-state index contributed by atoms with van der Waals surface area (Å²) >= 11 is 0. The third kappa shape index (κ3) is 15.0. The summed E-state index contributed by atoms with van der Waals surface area (Å²) in [4.78, 5) is 0. The lowest BCUT2D eigenvalue weighted by atomic mass is 10.0. The van der Waals surface area contributed by atoms with E-state index >= 15 is 0 Å². The van der Waals surface area contributed by atoms with Gasteiger partial charge in [-0.15, -0.1) is 0 Å². The average Bonchev–Trinajstić information content (AvgIpc) is 2.67. The molecule has 0 atom stereocenters. The number of morpholine rings is 1. The lowest BCUT2D eigenvalue weighted by Crippen LogP contribution is -3.00. The van der Waals surface area contributed by atoms with E-state index in [1.165, 1.54) is 133 Å². The van der Waals surface area contributed by atoms with Gasteiger partial charge in [-0.3, -0.25) is 0 Å². The maximum atomic E-state index is 5.61. The quantitative estimate of drug-likeness (QED) is 0.226. The van der Waals surface area contributed by atoms with Crippen LogP contribution in [0.3, 0.4) is 0 Å². The second-order valence-electron chi connectivity index (χ2n) is 8.80. The molecule has 0 spiro atoms. The first-order chi connectivity index (χ1) is 12.8. The minimum absolute atomic E-state index is 0. The predicted octanol–water partition coefficient (Wildman–Crippen LogP) is 4.12. The molecule has 0 aliphatic carbocycles. The molecule has 1 aliphatic heterocycles. The van der Waals surface area contributed by atoms with Crippen molar-refractivity contribution in [3.05, 3.63) is 0 Å². The first-order valence-corrected chi connectivity index (χ1v) is 12.3. The summed E-state index contributed by atoms with van der Waals surface area (Å²) < 4.78 is 6.97. The van der Waals surface area contributed by atoms with Crippen LogP contribution in [0, 0.1) is 0 Å². The van der Waals surface area contributed by atoms with Crippen LogP contribution in [0.2, 0.25) is 0 Å². The topological polar surface area (TPSA) is 9.23 Å². The molecule has 0 amide bonds. The molecule has 1 fully saturated rings. The van der Waals surface area contributed by atoms with E-state index in [0.29, 0.717) is 0 Å². The van der Waals surface area contributed by atoms with Crippen molar-refractivity contribution in [1.29, 1.82) is 0 Å². The van der Waals surface area contributed by atoms with Crippen molar-refractivity contribution in [1.82, 2.24) is 0 Å².